The highest BCUT2D eigenvalue weighted by Crippen LogP contribution is 2.28. The Balaban J connectivity index is 1.88. The van der Waals surface area contributed by atoms with Gasteiger partial charge in [-0.2, -0.15) is 5.10 Å². The maximum atomic E-state index is 12.1. The van der Waals surface area contributed by atoms with E-state index in [0.29, 0.717) is 15.8 Å². The van der Waals surface area contributed by atoms with Crippen molar-refractivity contribution < 1.29 is 9.53 Å². The molecule has 1 aliphatic carbocycles. The van der Waals surface area contributed by atoms with E-state index >= 15 is 0 Å². The van der Waals surface area contributed by atoms with Crippen molar-refractivity contribution in [3.05, 3.63) is 28.2 Å². The average Bonchev–Trinajstić information content (AvgIpc) is 2.48. The fourth-order valence-corrected chi connectivity index (χ4v) is 2.92. The number of hydrogen-bond donors (Lipinski definition) is 1. The van der Waals surface area contributed by atoms with Gasteiger partial charge in [0.25, 0.3) is 5.91 Å². The van der Waals surface area contributed by atoms with E-state index in [0.717, 1.165) is 31.4 Å². The molecule has 1 fully saturated rings. The number of benzene rings is 1. The fraction of sp³-hybridized carbons (Fsp3) is 0.529. The molecule has 0 aromatic heterocycles. The van der Waals surface area contributed by atoms with Crippen LogP contribution in [0.2, 0.25) is 10.0 Å². The first kappa shape index (κ1) is 18.1. The molecule has 0 bridgehead atoms. The van der Waals surface area contributed by atoms with Crippen LogP contribution in [0.25, 0.3) is 0 Å². The second-order valence-electron chi connectivity index (χ2n) is 5.76. The van der Waals surface area contributed by atoms with E-state index in [1.807, 2.05) is 0 Å². The summed E-state index contributed by atoms with van der Waals surface area (Å²) < 4.78 is 5.57. The molecule has 2 rings (SSSR count). The molecule has 1 aromatic carbocycles. The minimum absolute atomic E-state index is 0.287. The summed E-state index contributed by atoms with van der Waals surface area (Å²) in [5, 5.41) is 5.17. The summed E-state index contributed by atoms with van der Waals surface area (Å²) in [5.74, 6) is 0.142. The molecule has 1 amide bonds. The van der Waals surface area contributed by atoms with Crippen LogP contribution in [-0.4, -0.2) is 17.7 Å². The number of nitrogens with one attached hydrogen (secondary N) is 1. The Labute approximate surface area is 147 Å². The Kier molecular flexibility index (Phi) is 7.18. The molecule has 1 aliphatic rings. The molecule has 1 aromatic rings. The van der Waals surface area contributed by atoms with Gasteiger partial charge in [0.05, 0.1) is 5.02 Å². The van der Waals surface area contributed by atoms with E-state index in [9.17, 15) is 4.79 Å². The standard InChI is InChI=1S/C17H22Cl2N2O2/c1-12(23-16-10-9-13(18)11-15(16)19)17(22)21-20-14-7-5-3-2-4-6-8-14/h9-12H,2-8H2,1H3,(H,21,22)/t12-/m0/s1. The summed E-state index contributed by atoms with van der Waals surface area (Å²) in [4.78, 5) is 12.1. The third-order valence-electron chi connectivity index (χ3n) is 3.82. The van der Waals surface area contributed by atoms with Crippen molar-refractivity contribution in [2.75, 3.05) is 0 Å². The molecule has 0 radical (unpaired) electrons. The first-order valence-electron chi connectivity index (χ1n) is 8.03. The van der Waals surface area contributed by atoms with Crippen LogP contribution in [0.5, 0.6) is 5.75 Å². The van der Waals surface area contributed by atoms with Gasteiger partial charge in [-0.1, -0.05) is 42.5 Å². The monoisotopic (exact) mass is 356 g/mol. The largest absolute Gasteiger partial charge is 0.479 e. The van der Waals surface area contributed by atoms with Gasteiger partial charge in [-0.3, -0.25) is 4.79 Å². The van der Waals surface area contributed by atoms with Gasteiger partial charge in [-0.05, 0) is 50.8 Å². The molecule has 0 spiro atoms. The highest BCUT2D eigenvalue weighted by molar-refractivity contribution is 6.35. The zero-order valence-electron chi connectivity index (χ0n) is 13.3. The summed E-state index contributed by atoms with van der Waals surface area (Å²) in [7, 11) is 0. The van der Waals surface area contributed by atoms with Gasteiger partial charge >= 0.3 is 0 Å². The summed E-state index contributed by atoms with van der Waals surface area (Å²) in [6.07, 6.45) is 7.28. The highest BCUT2D eigenvalue weighted by atomic mass is 35.5. The number of hydrazone groups is 1. The molecular weight excluding hydrogens is 335 g/mol. The summed E-state index contributed by atoms with van der Waals surface area (Å²) in [6, 6.07) is 4.90. The first-order valence-corrected chi connectivity index (χ1v) is 8.79. The summed E-state index contributed by atoms with van der Waals surface area (Å²) in [6.45, 7) is 1.67. The topological polar surface area (TPSA) is 50.7 Å². The van der Waals surface area contributed by atoms with Crippen LogP contribution in [-0.2, 0) is 4.79 Å². The second kappa shape index (κ2) is 9.14. The zero-order valence-corrected chi connectivity index (χ0v) is 14.8. The number of rotatable bonds is 4. The van der Waals surface area contributed by atoms with Gasteiger partial charge in [0.1, 0.15) is 5.75 Å². The van der Waals surface area contributed by atoms with Gasteiger partial charge in [0.15, 0.2) is 6.10 Å². The smallest absolute Gasteiger partial charge is 0.280 e. The lowest BCUT2D eigenvalue weighted by atomic mass is 9.99. The third-order valence-corrected chi connectivity index (χ3v) is 4.35. The van der Waals surface area contributed by atoms with Crippen molar-refractivity contribution >= 4 is 34.8 Å². The van der Waals surface area contributed by atoms with Crippen LogP contribution in [0.15, 0.2) is 23.3 Å². The van der Waals surface area contributed by atoms with Crippen LogP contribution in [0.4, 0.5) is 0 Å². The normalized spacial score (nSPS) is 16.9. The van der Waals surface area contributed by atoms with E-state index in [1.165, 1.54) is 19.3 Å². The lowest BCUT2D eigenvalue weighted by molar-refractivity contribution is -0.127. The van der Waals surface area contributed by atoms with Gasteiger partial charge in [0.2, 0.25) is 0 Å². The number of nitrogens with zero attached hydrogens (tertiary/aromatic N) is 1. The van der Waals surface area contributed by atoms with Gasteiger partial charge in [0, 0.05) is 10.7 Å². The molecular formula is C17H22Cl2N2O2. The number of carbonyl (C=O) groups excluding carboxylic acids is 1. The maximum absolute atomic E-state index is 12.1. The molecule has 6 heteroatoms. The van der Waals surface area contributed by atoms with Crippen LogP contribution >= 0.6 is 23.2 Å². The molecule has 0 aliphatic heterocycles. The van der Waals surface area contributed by atoms with E-state index in [2.05, 4.69) is 10.5 Å². The van der Waals surface area contributed by atoms with Crippen molar-refractivity contribution in [1.29, 1.82) is 0 Å². The molecule has 1 saturated carbocycles. The van der Waals surface area contributed by atoms with Crippen molar-refractivity contribution in [2.45, 2.75) is 58.0 Å². The average molecular weight is 357 g/mol. The van der Waals surface area contributed by atoms with Crippen LogP contribution in [0.1, 0.15) is 51.9 Å². The van der Waals surface area contributed by atoms with E-state index in [-0.39, 0.29) is 5.91 Å². The number of carbonyl (C=O) groups is 1. The fourth-order valence-electron chi connectivity index (χ4n) is 2.47. The summed E-state index contributed by atoms with van der Waals surface area (Å²) >= 11 is 11.9. The molecule has 1 N–H and O–H groups in total. The number of hydrogen-bond acceptors (Lipinski definition) is 3. The van der Waals surface area contributed by atoms with Gasteiger partial charge < -0.3 is 4.74 Å². The molecule has 126 valence electrons. The Hall–Kier alpha value is -1.26. The molecule has 1 atom stereocenters. The number of amides is 1. The van der Waals surface area contributed by atoms with E-state index in [1.54, 1.807) is 25.1 Å². The minimum atomic E-state index is -0.688. The predicted octanol–water partition coefficient (Wildman–Crippen LogP) is 4.98. The van der Waals surface area contributed by atoms with Crippen molar-refractivity contribution in [3.63, 3.8) is 0 Å². The Morgan fingerprint density at radius 1 is 1.17 bits per heavy atom. The lowest BCUT2D eigenvalue weighted by Gasteiger charge is -2.15. The van der Waals surface area contributed by atoms with Crippen LogP contribution < -0.4 is 10.2 Å². The van der Waals surface area contributed by atoms with E-state index in [4.69, 9.17) is 27.9 Å². The highest BCUT2D eigenvalue weighted by Gasteiger charge is 2.16. The van der Waals surface area contributed by atoms with Crippen molar-refractivity contribution in [2.24, 2.45) is 5.10 Å². The number of ether oxygens (including phenoxy) is 1. The van der Waals surface area contributed by atoms with Gasteiger partial charge in [-0.25, -0.2) is 5.43 Å². The van der Waals surface area contributed by atoms with Crippen LogP contribution in [0.3, 0.4) is 0 Å². The quantitative estimate of drug-likeness (QED) is 0.773. The number of halogens is 2. The van der Waals surface area contributed by atoms with E-state index < -0.39 is 6.10 Å². The zero-order chi connectivity index (χ0) is 16.7. The molecule has 0 heterocycles. The van der Waals surface area contributed by atoms with Gasteiger partial charge in [-0.15, -0.1) is 0 Å². The van der Waals surface area contributed by atoms with Crippen molar-refractivity contribution in [3.8, 4) is 5.75 Å². The Morgan fingerprint density at radius 2 is 1.83 bits per heavy atom. The molecule has 4 nitrogen and oxygen atoms in total. The predicted molar refractivity (Wildman–Crippen MR) is 94.4 cm³/mol. The van der Waals surface area contributed by atoms with Crippen LogP contribution in [0, 0.1) is 0 Å². The third kappa shape index (κ3) is 6.04. The molecule has 0 unspecified atom stereocenters. The molecule has 23 heavy (non-hydrogen) atoms. The minimum Gasteiger partial charge on any atom is -0.479 e. The maximum Gasteiger partial charge on any atom is 0.280 e. The SMILES string of the molecule is C[C@H](Oc1ccc(Cl)cc1Cl)C(=O)NN=C1CCCCCCC1. The molecule has 0 saturated heterocycles. The Morgan fingerprint density at radius 3 is 2.48 bits per heavy atom. The summed E-state index contributed by atoms with van der Waals surface area (Å²) in [5.41, 5.74) is 3.67. The lowest BCUT2D eigenvalue weighted by Crippen LogP contribution is -2.34. The second-order valence-corrected chi connectivity index (χ2v) is 6.60. The van der Waals surface area contributed by atoms with Crippen molar-refractivity contribution in [1.82, 2.24) is 5.43 Å². The Bertz CT molecular complexity index is 566. The first-order chi connectivity index (χ1) is 11.1.